The van der Waals surface area contributed by atoms with E-state index < -0.39 is 0 Å². The lowest BCUT2D eigenvalue weighted by molar-refractivity contribution is 0.0951. The van der Waals surface area contributed by atoms with E-state index >= 15 is 0 Å². The number of hydrogen-bond donors (Lipinski definition) is 1. The van der Waals surface area contributed by atoms with Gasteiger partial charge in [-0.1, -0.05) is 6.58 Å². The summed E-state index contributed by atoms with van der Waals surface area (Å²) in [6.45, 7) is 4.65. The zero-order valence-corrected chi connectivity index (χ0v) is 11.1. The molecule has 1 aromatic rings. The van der Waals surface area contributed by atoms with Gasteiger partial charge in [-0.05, 0) is 35.1 Å². The Morgan fingerprint density at radius 2 is 2.53 bits per heavy atom. The molecule has 0 radical (unpaired) electrons. The van der Waals surface area contributed by atoms with E-state index in [2.05, 4.69) is 34.5 Å². The molecule has 1 aromatic heterocycles. The van der Waals surface area contributed by atoms with Crippen LogP contribution in [-0.2, 0) is 4.74 Å². The first-order chi connectivity index (χ1) is 7.24. The Morgan fingerprint density at radius 1 is 1.73 bits per heavy atom. The van der Waals surface area contributed by atoms with Crippen LogP contribution >= 0.6 is 33.9 Å². The predicted molar refractivity (Wildman–Crippen MR) is 70.1 cm³/mol. The van der Waals surface area contributed by atoms with Gasteiger partial charge in [-0.15, -0.1) is 11.3 Å². The number of hydrogen-bond acceptors (Lipinski definition) is 3. The molecular formula is C10H12INO2S. The Bertz CT molecular complexity index is 338. The minimum absolute atomic E-state index is 0.0206. The number of halogens is 1. The van der Waals surface area contributed by atoms with Crippen LogP contribution in [0.1, 0.15) is 16.8 Å². The molecule has 15 heavy (non-hydrogen) atoms. The summed E-state index contributed by atoms with van der Waals surface area (Å²) in [7, 11) is 0. The molecule has 0 atom stereocenters. The van der Waals surface area contributed by atoms with Crippen LogP contribution in [0.15, 0.2) is 24.3 Å². The van der Waals surface area contributed by atoms with Gasteiger partial charge in [-0.3, -0.25) is 4.79 Å². The monoisotopic (exact) mass is 337 g/mol. The predicted octanol–water partition coefficient (Wildman–Crippen LogP) is 2.63. The largest absolute Gasteiger partial charge is 0.502 e. The van der Waals surface area contributed by atoms with E-state index in [0.717, 1.165) is 14.9 Å². The summed E-state index contributed by atoms with van der Waals surface area (Å²) in [5, 5.41) is 4.68. The fraction of sp³-hybridized carbons (Fsp3) is 0.300. The maximum absolute atomic E-state index is 11.5. The zero-order chi connectivity index (χ0) is 11.1. The standard InChI is InChI=1S/C10H12INO2S/c1-2-14-5-3-4-12-10(13)8-6-9(11)15-7-8/h2,6-7H,1,3-5H2,(H,12,13). The summed E-state index contributed by atoms with van der Waals surface area (Å²) in [5.74, 6) is -0.0206. The van der Waals surface area contributed by atoms with Crippen LogP contribution < -0.4 is 5.32 Å². The van der Waals surface area contributed by atoms with Crippen molar-refractivity contribution in [1.29, 1.82) is 0 Å². The van der Waals surface area contributed by atoms with E-state index in [4.69, 9.17) is 4.74 Å². The fourth-order valence-corrected chi connectivity index (χ4v) is 2.30. The van der Waals surface area contributed by atoms with Crippen molar-refractivity contribution in [1.82, 2.24) is 5.32 Å². The number of carbonyl (C=O) groups is 1. The van der Waals surface area contributed by atoms with Gasteiger partial charge in [-0.25, -0.2) is 0 Å². The van der Waals surface area contributed by atoms with E-state index in [1.807, 2.05) is 11.4 Å². The van der Waals surface area contributed by atoms with Crippen molar-refractivity contribution in [2.24, 2.45) is 0 Å². The lowest BCUT2D eigenvalue weighted by Gasteiger charge is -2.03. The SMILES string of the molecule is C=COCCCNC(=O)c1csc(I)c1. The highest BCUT2D eigenvalue weighted by atomic mass is 127. The molecule has 0 bridgehead atoms. The smallest absolute Gasteiger partial charge is 0.252 e. The first kappa shape index (κ1) is 12.5. The van der Waals surface area contributed by atoms with Crippen molar-refractivity contribution >= 4 is 39.8 Å². The third kappa shape index (κ3) is 4.65. The van der Waals surface area contributed by atoms with Crippen molar-refractivity contribution in [2.75, 3.05) is 13.2 Å². The van der Waals surface area contributed by atoms with Gasteiger partial charge in [0.25, 0.3) is 5.91 Å². The van der Waals surface area contributed by atoms with Gasteiger partial charge in [0.1, 0.15) is 0 Å². The lowest BCUT2D eigenvalue weighted by Crippen LogP contribution is -2.24. The van der Waals surface area contributed by atoms with Gasteiger partial charge in [0.2, 0.25) is 0 Å². The molecule has 0 saturated carbocycles. The van der Waals surface area contributed by atoms with Gasteiger partial charge in [-0.2, -0.15) is 0 Å². The molecule has 0 aliphatic heterocycles. The van der Waals surface area contributed by atoms with E-state index in [0.29, 0.717) is 13.2 Å². The molecule has 0 aromatic carbocycles. The molecule has 1 heterocycles. The highest BCUT2D eigenvalue weighted by Crippen LogP contribution is 2.16. The van der Waals surface area contributed by atoms with E-state index in [1.165, 1.54) is 6.26 Å². The van der Waals surface area contributed by atoms with Crippen LogP contribution in [0.4, 0.5) is 0 Å². The fourth-order valence-electron chi connectivity index (χ4n) is 0.972. The van der Waals surface area contributed by atoms with Crippen molar-refractivity contribution in [3.05, 3.63) is 32.7 Å². The topological polar surface area (TPSA) is 38.3 Å². The van der Waals surface area contributed by atoms with E-state index in [9.17, 15) is 4.79 Å². The van der Waals surface area contributed by atoms with Crippen LogP contribution in [0.2, 0.25) is 0 Å². The van der Waals surface area contributed by atoms with E-state index in [1.54, 1.807) is 11.3 Å². The molecule has 0 saturated heterocycles. The third-order valence-corrected chi connectivity index (χ3v) is 3.46. The van der Waals surface area contributed by atoms with Crippen LogP contribution in [0.25, 0.3) is 0 Å². The Kier molecular flexibility index (Phi) is 5.70. The lowest BCUT2D eigenvalue weighted by atomic mass is 10.3. The number of thiophene rings is 1. The second-order valence-corrected chi connectivity index (χ2v) is 5.59. The second kappa shape index (κ2) is 6.84. The summed E-state index contributed by atoms with van der Waals surface area (Å²) in [6, 6.07) is 1.88. The van der Waals surface area contributed by atoms with Gasteiger partial charge < -0.3 is 10.1 Å². The number of amides is 1. The number of rotatable bonds is 6. The van der Waals surface area contributed by atoms with Gasteiger partial charge in [0.05, 0.1) is 21.3 Å². The molecule has 0 unspecified atom stereocenters. The molecule has 82 valence electrons. The minimum Gasteiger partial charge on any atom is -0.502 e. The average Bonchev–Trinajstić information content (AvgIpc) is 2.64. The maximum atomic E-state index is 11.5. The minimum atomic E-state index is -0.0206. The Balaban J connectivity index is 2.22. The molecule has 1 amide bonds. The van der Waals surface area contributed by atoms with Crippen molar-refractivity contribution < 1.29 is 9.53 Å². The molecular weight excluding hydrogens is 325 g/mol. The Hall–Kier alpha value is -0.560. The summed E-state index contributed by atoms with van der Waals surface area (Å²) < 4.78 is 6.06. The van der Waals surface area contributed by atoms with Crippen molar-refractivity contribution in [2.45, 2.75) is 6.42 Å². The van der Waals surface area contributed by atoms with Crippen LogP contribution in [0.5, 0.6) is 0 Å². The maximum Gasteiger partial charge on any atom is 0.252 e. The average molecular weight is 337 g/mol. The van der Waals surface area contributed by atoms with E-state index in [-0.39, 0.29) is 5.91 Å². The number of carbonyl (C=O) groups excluding carboxylic acids is 1. The van der Waals surface area contributed by atoms with Crippen LogP contribution in [0.3, 0.4) is 0 Å². The van der Waals surface area contributed by atoms with Crippen LogP contribution in [0, 0.1) is 2.88 Å². The van der Waals surface area contributed by atoms with Crippen molar-refractivity contribution in [3.8, 4) is 0 Å². The quantitative estimate of drug-likeness (QED) is 0.492. The molecule has 0 aliphatic carbocycles. The van der Waals surface area contributed by atoms with Gasteiger partial charge >= 0.3 is 0 Å². The molecule has 1 rings (SSSR count). The zero-order valence-electron chi connectivity index (χ0n) is 8.16. The normalized spacial score (nSPS) is 9.67. The second-order valence-electron chi connectivity index (χ2n) is 2.79. The third-order valence-electron chi connectivity index (χ3n) is 1.67. The Labute approximate surface area is 107 Å². The summed E-state index contributed by atoms with van der Waals surface area (Å²) in [5.41, 5.74) is 0.731. The van der Waals surface area contributed by atoms with Gasteiger partial charge in [0.15, 0.2) is 0 Å². The number of nitrogens with one attached hydrogen (secondary N) is 1. The van der Waals surface area contributed by atoms with Crippen molar-refractivity contribution in [3.63, 3.8) is 0 Å². The molecule has 0 spiro atoms. The summed E-state index contributed by atoms with van der Waals surface area (Å²) >= 11 is 3.77. The molecule has 0 fully saturated rings. The molecule has 5 heteroatoms. The summed E-state index contributed by atoms with van der Waals surface area (Å²) in [4.78, 5) is 11.5. The highest BCUT2D eigenvalue weighted by molar-refractivity contribution is 14.1. The summed E-state index contributed by atoms with van der Waals surface area (Å²) in [6.07, 6.45) is 2.20. The molecule has 1 N–H and O–H groups in total. The Morgan fingerprint density at radius 3 is 3.13 bits per heavy atom. The first-order valence-corrected chi connectivity index (χ1v) is 6.44. The van der Waals surface area contributed by atoms with Gasteiger partial charge in [0, 0.05) is 11.9 Å². The number of ether oxygens (including phenoxy) is 1. The molecule has 3 nitrogen and oxygen atoms in total. The highest BCUT2D eigenvalue weighted by Gasteiger charge is 2.06. The molecule has 0 aliphatic rings. The first-order valence-electron chi connectivity index (χ1n) is 4.49. The van der Waals surface area contributed by atoms with Crippen LogP contribution in [-0.4, -0.2) is 19.1 Å².